The largest absolute Gasteiger partial charge is 0.370 e. The van der Waals surface area contributed by atoms with E-state index in [0.29, 0.717) is 0 Å². The van der Waals surface area contributed by atoms with Gasteiger partial charge in [-0.1, -0.05) is 20.8 Å². The minimum absolute atomic E-state index is 0.286. The Morgan fingerprint density at radius 2 is 1.65 bits per heavy atom. The summed E-state index contributed by atoms with van der Waals surface area (Å²) < 4.78 is 0.286. The van der Waals surface area contributed by atoms with Gasteiger partial charge in [0.15, 0.2) is 0 Å². The lowest BCUT2D eigenvalue weighted by atomic mass is 10.0. The number of anilines is 2. The highest BCUT2D eigenvalue weighted by atomic mass is 32.2. The van der Waals surface area contributed by atoms with E-state index in [2.05, 4.69) is 54.6 Å². The lowest BCUT2D eigenvalue weighted by Gasteiger charge is -2.30. The number of thioether (sulfide) groups is 1. The van der Waals surface area contributed by atoms with Gasteiger partial charge in [0.05, 0.1) is 0 Å². The van der Waals surface area contributed by atoms with E-state index in [9.17, 15) is 0 Å². The van der Waals surface area contributed by atoms with E-state index in [1.807, 2.05) is 11.8 Å². The first-order valence-electron chi connectivity index (χ1n) is 7.53. The van der Waals surface area contributed by atoms with E-state index in [1.165, 1.54) is 5.56 Å². The molecule has 5 heteroatoms. The predicted octanol–water partition coefficient (Wildman–Crippen LogP) is 3.80. The molecular formula is C15H28N4S. The first kappa shape index (κ1) is 17.1. The van der Waals surface area contributed by atoms with Gasteiger partial charge in [-0.2, -0.15) is 11.8 Å². The highest BCUT2D eigenvalue weighted by Crippen LogP contribution is 2.31. The number of rotatable bonds is 9. The van der Waals surface area contributed by atoms with E-state index >= 15 is 0 Å². The molecule has 0 atom stereocenters. The molecule has 0 aromatic carbocycles. The molecule has 0 radical (unpaired) electrons. The van der Waals surface area contributed by atoms with Gasteiger partial charge in [0.1, 0.15) is 18.0 Å². The maximum absolute atomic E-state index is 4.43. The molecule has 0 saturated carbocycles. The van der Waals surface area contributed by atoms with Crippen LogP contribution in [-0.4, -0.2) is 34.1 Å². The van der Waals surface area contributed by atoms with Gasteiger partial charge < -0.3 is 10.6 Å². The second kappa shape index (κ2) is 8.35. The van der Waals surface area contributed by atoms with Gasteiger partial charge in [-0.3, -0.25) is 0 Å². The summed E-state index contributed by atoms with van der Waals surface area (Å²) in [6, 6.07) is 0. The summed E-state index contributed by atoms with van der Waals surface area (Å²) >= 11 is 1.94. The smallest absolute Gasteiger partial charge is 0.134 e. The third-order valence-corrected chi connectivity index (χ3v) is 5.53. The highest BCUT2D eigenvalue weighted by Gasteiger charge is 2.25. The standard InChI is InChI=1S/C15H28N4S/c1-6-12-13(16-9-4)18-11-19-14(12)17-10-15(7-2,8-3)20-5/h11H,6-10H2,1-5H3,(H2,16,17,18,19). The molecule has 1 aromatic heterocycles. The second-order valence-corrected chi connectivity index (χ2v) is 6.16. The molecule has 0 fully saturated rings. The number of nitrogens with zero attached hydrogens (tertiary/aromatic N) is 2. The summed E-state index contributed by atoms with van der Waals surface area (Å²) in [6.07, 6.45) is 7.07. The molecule has 0 saturated heterocycles. The van der Waals surface area contributed by atoms with Crippen LogP contribution in [0, 0.1) is 0 Å². The van der Waals surface area contributed by atoms with Gasteiger partial charge >= 0.3 is 0 Å². The second-order valence-electron chi connectivity index (χ2n) is 4.88. The van der Waals surface area contributed by atoms with E-state index in [0.717, 1.165) is 44.0 Å². The van der Waals surface area contributed by atoms with Crippen LogP contribution in [0.4, 0.5) is 11.6 Å². The van der Waals surface area contributed by atoms with Crippen molar-refractivity contribution in [2.75, 3.05) is 30.0 Å². The highest BCUT2D eigenvalue weighted by molar-refractivity contribution is 8.00. The minimum atomic E-state index is 0.286. The molecule has 4 nitrogen and oxygen atoms in total. The van der Waals surface area contributed by atoms with Crippen LogP contribution in [0.2, 0.25) is 0 Å². The van der Waals surface area contributed by atoms with Crippen LogP contribution < -0.4 is 10.6 Å². The Bertz CT molecular complexity index is 397. The van der Waals surface area contributed by atoms with Crippen molar-refractivity contribution in [2.24, 2.45) is 0 Å². The van der Waals surface area contributed by atoms with Crippen molar-refractivity contribution in [3.63, 3.8) is 0 Å². The SMILES string of the molecule is CCNc1ncnc(NCC(CC)(CC)SC)c1CC. The summed E-state index contributed by atoms with van der Waals surface area (Å²) in [6.45, 7) is 10.6. The third kappa shape index (κ3) is 4.01. The molecule has 2 N–H and O–H groups in total. The maximum Gasteiger partial charge on any atom is 0.134 e. The Morgan fingerprint density at radius 1 is 1.05 bits per heavy atom. The lowest BCUT2D eigenvalue weighted by Crippen LogP contribution is -2.32. The van der Waals surface area contributed by atoms with Crippen LogP contribution in [0.5, 0.6) is 0 Å². The van der Waals surface area contributed by atoms with E-state index in [-0.39, 0.29) is 4.75 Å². The van der Waals surface area contributed by atoms with E-state index in [4.69, 9.17) is 0 Å². The first-order chi connectivity index (χ1) is 9.66. The van der Waals surface area contributed by atoms with Gasteiger partial charge in [-0.05, 0) is 32.4 Å². The quantitative estimate of drug-likeness (QED) is 0.726. The van der Waals surface area contributed by atoms with Crippen molar-refractivity contribution in [2.45, 2.75) is 51.7 Å². The lowest BCUT2D eigenvalue weighted by molar-refractivity contribution is 0.573. The normalized spacial score (nSPS) is 11.4. The summed E-state index contributed by atoms with van der Waals surface area (Å²) in [7, 11) is 0. The fraction of sp³-hybridized carbons (Fsp3) is 0.733. The first-order valence-corrected chi connectivity index (χ1v) is 8.75. The number of hydrogen-bond donors (Lipinski definition) is 2. The van der Waals surface area contributed by atoms with E-state index < -0.39 is 0 Å². The van der Waals surface area contributed by atoms with Crippen molar-refractivity contribution in [3.05, 3.63) is 11.9 Å². The average molecular weight is 296 g/mol. The van der Waals surface area contributed by atoms with Crippen LogP contribution in [0.25, 0.3) is 0 Å². The topological polar surface area (TPSA) is 49.8 Å². The van der Waals surface area contributed by atoms with Crippen molar-refractivity contribution in [1.29, 1.82) is 0 Å². The molecule has 0 aliphatic rings. The number of aromatic nitrogens is 2. The maximum atomic E-state index is 4.43. The molecule has 0 unspecified atom stereocenters. The molecule has 0 aliphatic heterocycles. The third-order valence-electron chi connectivity index (χ3n) is 3.94. The predicted molar refractivity (Wildman–Crippen MR) is 90.9 cm³/mol. The van der Waals surface area contributed by atoms with Gasteiger partial charge in [-0.15, -0.1) is 0 Å². The summed E-state index contributed by atoms with van der Waals surface area (Å²) in [5.41, 5.74) is 1.18. The van der Waals surface area contributed by atoms with Crippen molar-refractivity contribution in [1.82, 2.24) is 9.97 Å². The minimum Gasteiger partial charge on any atom is -0.370 e. The van der Waals surface area contributed by atoms with Crippen molar-refractivity contribution in [3.8, 4) is 0 Å². The fourth-order valence-electron chi connectivity index (χ4n) is 2.32. The Morgan fingerprint density at radius 3 is 2.10 bits per heavy atom. The fourth-order valence-corrected chi connectivity index (χ4v) is 3.12. The molecule has 0 spiro atoms. The van der Waals surface area contributed by atoms with Gasteiger partial charge in [0.2, 0.25) is 0 Å². The van der Waals surface area contributed by atoms with Crippen LogP contribution in [-0.2, 0) is 6.42 Å². The van der Waals surface area contributed by atoms with Crippen LogP contribution >= 0.6 is 11.8 Å². The molecule has 1 aromatic rings. The van der Waals surface area contributed by atoms with E-state index in [1.54, 1.807) is 6.33 Å². The molecule has 0 amide bonds. The average Bonchev–Trinajstić information content (AvgIpc) is 2.50. The molecule has 1 heterocycles. The monoisotopic (exact) mass is 296 g/mol. The zero-order chi connectivity index (χ0) is 15.0. The van der Waals surface area contributed by atoms with Gasteiger partial charge in [0, 0.05) is 23.4 Å². The Hall–Kier alpha value is -0.970. The molecule has 20 heavy (non-hydrogen) atoms. The van der Waals surface area contributed by atoms with Crippen LogP contribution in [0.1, 0.15) is 46.1 Å². The Kier molecular flexibility index (Phi) is 7.13. The Balaban J connectivity index is 2.89. The molecule has 1 rings (SSSR count). The molecule has 0 bridgehead atoms. The number of nitrogens with one attached hydrogen (secondary N) is 2. The zero-order valence-electron chi connectivity index (χ0n) is 13.4. The number of hydrogen-bond acceptors (Lipinski definition) is 5. The van der Waals surface area contributed by atoms with Gasteiger partial charge in [-0.25, -0.2) is 9.97 Å². The summed E-state index contributed by atoms with van der Waals surface area (Å²) in [5, 5.41) is 6.85. The zero-order valence-corrected chi connectivity index (χ0v) is 14.2. The Labute approximate surface area is 127 Å². The molecule has 114 valence electrons. The molecule has 0 aliphatic carbocycles. The summed E-state index contributed by atoms with van der Waals surface area (Å²) in [5.74, 6) is 1.93. The molecular weight excluding hydrogens is 268 g/mol. The van der Waals surface area contributed by atoms with Crippen LogP contribution in [0.15, 0.2) is 6.33 Å². The van der Waals surface area contributed by atoms with Crippen LogP contribution in [0.3, 0.4) is 0 Å². The van der Waals surface area contributed by atoms with Crippen molar-refractivity contribution >= 4 is 23.4 Å². The van der Waals surface area contributed by atoms with Gasteiger partial charge in [0.25, 0.3) is 0 Å². The van der Waals surface area contributed by atoms with Crippen molar-refractivity contribution < 1.29 is 0 Å². The summed E-state index contributed by atoms with van der Waals surface area (Å²) in [4.78, 5) is 8.76.